The number of H-pyrrole nitrogens is 1. The van der Waals surface area contributed by atoms with Crippen molar-refractivity contribution in [3.8, 4) is 11.4 Å². The zero-order valence-electron chi connectivity index (χ0n) is 12.6. The molecule has 4 N–H and O–H groups in total. The number of hydrogen-bond acceptors (Lipinski definition) is 4. The molecule has 2 aromatic carbocycles. The Labute approximate surface area is 131 Å². The maximum Gasteiger partial charge on any atom is 0.239 e. The first-order chi connectivity index (χ1) is 11.0. The van der Waals surface area contributed by atoms with E-state index < -0.39 is 11.6 Å². The largest absolute Gasteiger partial charge is 0.366 e. The summed E-state index contributed by atoms with van der Waals surface area (Å²) in [5.74, 6) is -1.65. The van der Waals surface area contributed by atoms with Crippen molar-refractivity contribution in [1.82, 2.24) is 15.2 Å². The molecule has 1 aromatic heterocycles. The van der Waals surface area contributed by atoms with E-state index in [1.165, 1.54) is 6.07 Å². The molecule has 0 saturated heterocycles. The molecule has 0 bridgehead atoms. The van der Waals surface area contributed by atoms with Crippen LogP contribution in [0.25, 0.3) is 11.4 Å². The summed E-state index contributed by atoms with van der Waals surface area (Å²) in [4.78, 5) is 3.97. The summed E-state index contributed by atoms with van der Waals surface area (Å²) in [5, 5.41) is 9.26. The van der Waals surface area contributed by atoms with Gasteiger partial charge in [0.05, 0.1) is 5.69 Å². The Kier molecular flexibility index (Phi) is 3.69. The summed E-state index contributed by atoms with van der Waals surface area (Å²) < 4.78 is 28.0. The Bertz CT molecular complexity index is 873. The van der Waals surface area contributed by atoms with Crippen LogP contribution < -0.4 is 11.1 Å². The molecule has 0 fully saturated rings. The normalized spacial score (nSPS) is 10.8. The predicted molar refractivity (Wildman–Crippen MR) is 85.3 cm³/mol. The van der Waals surface area contributed by atoms with Gasteiger partial charge in [0.25, 0.3) is 0 Å². The van der Waals surface area contributed by atoms with Crippen LogP contribution in [-0.4, -0.2) is 15.2 Å². The van der Waals surface area contributed by atoms with Gasteiger partial charge < -0.3 is 11.1 Å². The van der Waals surface area contributed by atoms with E-state index in [1.807, 2.05) is 32.0 Å². The number of hydrogen-bond donors (Lipinski definition) is 3. The fraction of sp³-hybridized carbons (Fsp3) is 0.125. The van der Waals surface area contributed by atoms with Crippen LogP contribution in [0.1, 0.15) is 11.1 Å². The monoisotopic (exact) mass is 315 g/mol. The van der Waals surface area contributed by atoms with Crippen LogP contribution in [0.2, 0.25) is 0 Å². The molecule has 118 valence electrons. The highest BCUT2D eigenvalue weighted by atomic mass is 19.2. The van der Waals surface area contributed by atoms with E-state index in [0.717, 1.165) is 17.2 Å². The van der Waals surface area contributed by atoms with Crippen molar-refractivity contribution in [3.63, 3.8) is 0 Å². The minimum atomic E-state index is -0.988. The van der Waals surface area contributed by atoms with Crippen LogP contribution in [0.15, 0.2) is 30.3 Å². The molecule has 0 saturated carbocycles. The van der Waals surface area contributed by atoms with Crippen LogP contribution in [0.4, 0.5) is 26.1 Å². The Morgan fingerprint density at radius 1 is 1.13 bits per heavy atom. The highest BCUT2D eigenvalue weighted by Crippen LogP contribution is 2.33. The molecule has 3 aromatic rings. The molecule has 0 aliphatic rings. The lowest BCUT2D eigenvalue weighted by Crippen LogP contribution is -2.01. The van der Waals surface area contributed by atoms with Gasteiger partial charge in [0.1, 0.15) is 0 Å². The third kappa shape index (κ3) is 2.85. The minimum absolute atomic E-state index is 0.0203. The Morgan fingerprint density at radius 3 is 2.57 bits per heavy atom. The van der Waals surface area contributed by atoms with E-state index in [4.69, 9.17) is 5.73 Å². The molecule has 23 heavy (non-hydrogen) atoms. The number of halogens is 2. The molecular formula is C16H15F2N5. The summed E-state index contributed by atoms with van der Waals surface area (Å²) >= 11 is 0. The smallest absolute Gasteiger partial charge is 0.239 e. The number of nitrogens with two attached hydrogens (primary N) is 1. The van der Waals surface area contributed by atoms with Crippen molar-refractivity contribution < 1.29 is 8.78 Å². The van der Waals surface area contributed by atoms with Crippen molar-refractivity contribution in [2.24, 2.45) is 0 Å². The van der Waals surface area contributed by atoms with Gasteiger partial charge in [0.2, 0.25) is 5.95 Å². The van der Waals surface area contributed by atoms with E-state index in [2.05, 4.69) is 20.5 Å². The van der Waals surface area contributed by atoms with Crippen molar-refractivity contribution in [3.05, 3.63) is 53.1 Å². The summed E-state index contributed by atoms with van der Waals surface area (Å²) in [6.07, 6.45) is 0. The molecule has 0 aliphatic carbocycles. The van der Waals surface area contributed by atoms with Gasteiger partial charge in [0, 0.05) is 11.3 Å². The van der Waals surface area contributed by atoms with E-state index in [-0.39, 0.29) is 17.5 Å². The lowest BCUT2D eigenvalue weighted by Gasteiger charge is -2.14. The average Bonchev–Trinajstić information content (AvgIpc) is 2.93. The number of rotatable bonds is 3. The average molecular weight is 315 g/mol. The van der Waals surface area contributed by atoms with Crippen molar-refractivity contribution in [2.75, 3.05) is 11.1 Å². The molecule has 0 aliphatic heterocycles. The quantitative estimate of drug-likeness (QED) is 0.688. The molecule has 0 unspecified atom stereocenters. The minimum Gasteiger partial charge on any atom is -0.366 e. The zero-order chi connectivity index (χ0) is 16.6. The first-order valence-electron chi connectivity index (χ1n) is 6.96. The Balaban J connectivity index is 2.11. The predicted octanol–water partition coefficient (Wildman–Crippen LogP) is 3.69. The van der Waals surface area contributed by atoms with Gasteiger partial charge in [0.15, 0.2) is 17.5 Å². The van der Waals surface area contributed by atoms with Gasteiger partial charge in [-0.15, -0.1) is 5.10 Å². The van der Waals surface area contributed by atoms with Gasteiger partial charge in [-0.3, -0.25) is 5.10 Å². The molecule has 0 radical (unpaired) electrons. The molecule has 0 amide bonds. The lowest BCUT2D eigenvalue weighted by atomic mass is 10.1. The van der Waals surface area contributed by atoms with Gasteiger partial charge in [-0.1, -0.05) is 17.7 Å². The van der Waals surface area contributed by atoms with E-state index in [0.29, 0.717) is 11.3 Å². The van der Waals surface area contributed by atoms with Crippen molar-refractivity contribution >= 4 is 17.3 Å². The van der Waals surface area contributed by atoms with Crippen molar-refractivity contribution in [2.45, 2.75) is 13.8 Å². The number of benzene rings is 2. The molecule has 0 spiro atoms. The fourth-order valence-corrected chi connectivity index (χ4v) is 2.35. The second kappa shape index (κ2) is 5.68. The molecule has 3 rings (SSSR count). The summed E-state index contributed by atoms with van der Waals surface area (Å²) in [7, 11) is 0. The highest BCUT2D eigenvalue weighted by Gasteiger charge is 2.18. The molecular weight excluding hydrogens is 300 g/mol. The van der Waals surface area contributed by atoms with Crippen LogP contribution >= 0.6 is 0 Å². The van der Waals surface area contributed by atoms with Gasteiger partial charge >= 0.3 is 0 Å². The number of nitrogen functional groups attached to an aromatic ring is 1. The number of nitrogens with zero attached hydrogens (tertiary/aromatic N) is 2. The number of aromatic amines is 1. The van der Waals surface area contributed by atoms with E-state index in [1.54, 1.807) is 0 Å². The van der Waals surface area contributed by atoms with Crippen LogP contribution in [0.5, 0.6) is 0 Å². The molecule has 7 heteroatoms. The Morgan fingerprint density at radius 2 is 1.91 bits per heavy atom. The maximum absolute atomic E-state index is 14.3. The lowest BCUT2D eigenvalue weighted by molar-refractivity contribution is 0.512. The highest BCUT2D eigenvalue weighted by molar-refractivity contribution is 5.79. The molecule has 5 nitrogen and oxygen atoms in total. The second-order valence-corrected chi connectivity index (χ2v) is 5.27. The fourth-order valence-electron chi connectivity index (χ4n) is 2.35. The van der Waals surface area contributed by atoms with Gasteiger partial charge in [-0.2, -0.15) is 4.98 Å². The third-order valence-corrected chi connectivity index (χ3v) is 3.49. The van der Waals surface area contributed by atoms with Crippen molar-refractivity contribution in [1.29, 1.82) is 0 Å². The standard InChI is InChI=1S/C16H15F2N5/c1-8-3-6-12(9(2)7-8)20-14-10(4-5-11(17)13(14)18)15-21-16(19)23-22-15/h3-7,20H,1-2H3,(H3,19,21,22,23). The summed E-state index contributed by atoms with van der Waals surface area (Å²) in [6.45, 7) is 3.85. The number of anilines is 3. The maximum atomic E-state index is 14.3. The zero-order valence-corrected chi connectivity index (χ0v) is 12.6. The topological polar surface area (TPSA) is 79.6 Å². The number of aryl methyl sites for hydroxylation is 2. The first kappa shape index (κ1) is 15.0. The van der Waals surface area contributed by atoms with Crippen LogP contribution in [0.3, 0.4) is 0 Å². The summed E-state index contributed by atoms with van der Waals surface area (Å²) in [6, 6.07) is 8.11. The summed E-state index contributed by atoms with van der Waals surface area (Å²) in [5.41, 5.74) is 8.47. The number of aromatic nitrogens is 3. The molecule has 1 heterocycles. The van der Waals surface area contributed by atoms with Crippen LogP contribution in [0, 0.1) is 25.5 Å². The third-order valence-electron chi connectivity index (χ3n) is 3.49. The SMILES string of the molecule is Cc1ccc(Nc2c(-c3nc(N)n[nH]3)ccc(F)c2F)c(C)c1. The van der Waals surface area contributed by atoms with Gasteiger partial charge in [-0.25, -0.2) is 8.78 Å². The Hall–Kier alpha value is -2.96. The molecule has 0 atom stereocenters. The first-order valence-corrected chi connectivity index (χ1v) is 6.96. The second-order valence-electron chi connectivity index (χ2n) is 5.27. The van der Waals surface area contributed by atoms with E-state index >= 15 is 0 Å². The van der Waals surface area contributed by atoms with E-state index in [9.17, 15) is 8.78 Å². The van der Waals surface area contributed by atoms with Gasteiger partial charge in [-0.05, 0) is 37.6 Å². The number of nitrogens with one attached hydrogen (secondary N) is 2. The van der Waals surface area contributed by atoms with Crippen LogP contribution in [-0.2, 0) is 0 Å².